The predicted octanol–water partition coefficient (Wildman–Crippen LogP) is 2.66. The van der Waals surface area contributed by atoms with Gasteiger partial charge < -0.3 is 10.5 Å². The van der Waals surface area contributed by atoms with E-state index in [0.717, 1.165) is 23.2 Å². The van der Waals surface area contributed by atoms with Crippen LogP contribution in [-0.2, 0) is 0 Å². The molecule has 14 heavy (non-hydrogen) atoms. The van der Waals surface area contributed by atoms with E-state index in [1.54, 1.807) is 0 Å². The van der Waals surface area contributed by atoms with Gasteiger partial charge >= 0.3 is 0 Å². The lowest BCUT2D eigenvalue weighted by atomic mass is 9.95. The summed E-state index contributed by atoms with van der Waals surface area (Å²) in [7, 11) is 0. The molecule has 1 aliphatic rings. The van der Waals surface area contributed by atoms with Gasteiger partial charge in [-0.3, -0.25) is 0 Å². The molecule has 0 spiro atoms. The highest BCUT2D eigenvalue weighted by Crippen LogP contribution is 2.37. The number of nitrogens with two attached hydrogens (primary N) is 1. The molecule has 2 nitrogen and oxygen atoms in total. The summed E-state index contributed by atoms with van der Waals surface area (Å²) >= 11 is 3.47. The van der Waals surface area contributed by atoms with E-state index in [1.165, 1.54) is 5.56 Å². The van der Waals surface area contributed by atoms with Gasteiger partial charge in [0, 0.05) is 22.0 Å². The second kappa shape index (κ2) is 3.91. The fraction of sp³-hybridized carbons (Fsp3) is 0.455. The zero-order chi connectivity index (χ0) is 10.1. The van der Waals surface area contributed by atoms with Crippen LogP contribution in [0.25, 0.3) is 0 Å². The molecule has 1 heterocycles. The number of benzene rings is 1. The van der Waals surface area contributed by atoms with Crippen LogP contribution >= 0.6 is 15.9 Å². The smallest absolute Gasteiger partial charge is 0.123 e. The highest BCUT2D eigenvalue weighted by atomic mass is 79.9. The monoisotopic (exact) mass is 255 g/mol. The quantitative estimate of drug-likeness (QED) is 0.882. The van der Waals surface area contributed by atoms with Crippen molar-refractivity contribution in [2.24, 2.45) is 5.73 Å². The molecule has 0 radical (unpaired) electrons. The molecule has 1 aromatic carbocycles. The largest absolute Gasteiger partial charge is 0.493 e. The Balaban J connectivity index is 2.24. The summed E-state index contributed by atoms with van der Waals surface area (Å²) in [6.45, 7) is 2.81. The molecule has 0 amide bonds. The summed E-state index contributed by atoms with van der Waals surface area (Å²) in [5, 5.41) is 0. The van der Waals surface area contributed by atoms with E-state index < -0.39 is 0 Å². The molecule has 1 aliphatic heterocycles. The SMILES string of the molecule is CC(N)CC1COc2ccc(Br)cc21. The van der Waals surface area contributed by atoms with Crippen LogP contribution in [0, 0.1) is 0 Å². The Morgan fingerprint density at radius 1 is 1.64 bits per heavy atom. The Hall–Kier alpha value is -0.540. The molecule has 2 N–H and O–H groups in total. The van der Waals surface area contributed by atoms with Crippen LogP contribution in [0.4, 0.5) is 0 Å². The topological polar surface area (TPSA) is 35.2 Å². The van der Waals surface area contributed by atoms with Crippen molar-refractivity contribution in [1.29, 1.82) is 0 Å². The summed E-state index contributed by atoms with van der Waals surface area (Å²) in [5.41, 5.74) is 7.09. The standard InChI is InChI=1S/C11H14BrNO/c1-7(13)4-8-6-14-11-3-2-9(12)5-10(8)11/h2-3,5,7-8H,4,6,13H2,1H3. The van der Waals surface area contributed by atoms with Gasteiger partial charge in [-0.1, -0.05) is 15.9 Å². The Bertz CT molecular complexity index is 338. The van der Waals surface area contributed by atoms with Crippen molar-refractivity contribution in [3.05, 3.63) is 28.2 Å². The minimum atomic E-state index is 0.230. The molecule has 0 bridgehead atoms. The number of ether oxygens (including phenoxy) is 1. The van der Waals surface area contributed by atoms with E-state index in [0.29, 0.717) is 5.92 Å². The van der Waals surface area contributed by atoms with Crippen molar-refractivity contribution >= 4 is 15.9 Å². The van der Waals surface area contributed by atoms with Gasteiger partial charge in [-0.05, 0) is 31.5 Å². The fourth-order valence-corrected chi connectivity index (χ4v) is 2.27. The second-order valence-electron chi connectivity index (χ2n) is 3.90. The van der Waals surface area contributed by atoms with Gasteiger partial charge in [0.2, 0.25) is 0 Å². The summed E-state index contributed by atoms with van der Waals surface area (Å²) in [4.78, 5) is 0. The van der Waals surface area contributed by atoms with Gasteiger partial charge in [-0.15, -0.1) is 0 Å². The van der Waals surface area contributed by atoms with Gasteiger partial charge in [-0.25, -0.2) is 0 Å². The zero-order valence-corrected chi connectivity index (χ0v) is 9.75. The van der Waals surface area contributed by atoms with Crippen molar-refractivity contribution in [2.75, 3.05) is 6.61 Å². The molecular formula is C11H14BrNO. The summed E-state index contributed by atoms with van der Waals surface area (Å²) in [6.07, 6.45) is 0.990. The molecule has 2 rings (SSSR count). The Morgan fingerprint density at radius 2 is 2.43 bits per heavy atom. The predicted molar refractivity (Wildman–Crippen MR) is 60.6 cm³/mol. The minimum Gasteiger partial charge on any atom is -0.493 e. The Morgan fingerprint density at radius 3 is 3.14 bits per heavy atom. The van der Waals surface area contributed by atoms with Crippen LogP contribution in [0.5, 0.6) is 5.75 Å². The molecule has 0 aromatic heterocycles. The first-order valence-corrected chi connectivity index (χ1v) is 5.64. The maximum atomic E-state index is 5.80. The fourth-order valence-electron chi connectivity index (χ4n) is 1.89. The number of hydrogen-bond donors (Lipinski definition) is 1. The van der Waals surface area contributed by atoms with Crippen molar-refractivity contribution in [3.63, 3.8) is 0 Å². The van der Waals surface area contributed by atoms with Crippen LogP contribution in [0.2, 0.25) is 0 Å². The highest BCUT2D eigenvalue weighted by molar-refractivity contribution is 9.10. The molecular weight excluding hydrogens is 242 g/mol. The van der Waals surface area contributed by atoms with Crippen molar-refractivity contribution in [1.82, 2.24) is 0 Å². The zero-order valence-electron chi connectivity index (χ0n) is 8.16. The van der Waals surface area contributed by atoms with E-state index in [-0.39, 0.29) is 6.04 Å². The Kier molecular flexibility index (Phi) is 2.79. The van der Waals surface area contributed by atoms with Crippen molar-refractivity contribution < 1.29 is 4.74 Å². The molecule has 0 fully saturated rings. The lowest BCUT2D eigenvalue weighted by Gasteiger charge is -2.11. The summed E-state index contributed by atoms with van der Waals surface area (Å²) < 4.78 is 6.70. The molecule has 0 saturated heterocycles. The van der Waals surface area contributed by atoms with Gasteiger partial charge in [0.05, 0.1) is 6.61 Å². The van der Waals surface area contributed by atoms with Crippen LogP contribution in [0.15, 0.2) is 22.7 Å². The Labute approximate surface area is 92.6 Å². The molecule has 0 aliphatic carbocycles. The lowest BCUT2D eigenvalue weighted by molar-refractivity contribution is 0.320. The average molecular weight is 256 g/mol. The van der Waals surface area contributed by atoms with Crippen LogP contribution in [0.3, 0.4) is 0 Å². The first kappa shape index (κ1) is 9.99. The van der Waals surface area contributed by atoms with Gasteiger partial charge in [0.1, 0.15) is 5.75 Å². The second-order valence-corrected chi connectivity index (χ2v) is 4.82. The normalized spacial score (nSPS) is 21.5. The van der Waals surface area contributed by atoms with Gasteiger partial charge in [-0.2, -0.15) is 0 Å². The molecule has 2 atom stereocenters. The molecule has 76 valence electrons. The third-order valence-corrected chi connectivity index (χ3v) is 3.00. The number of halogens is 1. The van der Waals surface area contributed by atoms with E-state index in [2.05, 4.69) is 22.0 Å². The van der Waals surface area contributed by atoms with Crippen LogP contribution in [0.1, 0.15) is 24.8 Å². The van der Waals surface area contributed by atoms with E-state index in [9.17, 15) is 0 Å². The molecule has 3 heteroatoms. The maximum absolute atomic E-state index is 5.80. The minimum absolute atomic E-state index is 0.230. The van der Waals surface area contributed by atoms with Gasteiger partial charge in [0.15, 0.2) is 0 Å². The van der Waals surface area contributed by atoms with Crippen LogP contribution in [-0.4, -0.2) is 12.6 Å². The maximum Gasteiger partial charge on any atom is 0.123 e. The number of fused-ring (bicyclic) bond motifs is 1. The molecule has 0 saturated carbocycles. The van der Waals surface area contributed by atoms with E-state index in [1.807, 2.05) is 19.1 Å². The molecule has 1 aromatic rings. The summed E-state index contributed by atoms with van der Waals surface area (Å²) in [5.74, 6) is 1.47. The van der Waals surface area contributed by atoms with Crippen molar-refractivity contribution in [3.8, 4) is 5.75 Å². The molecule has 2 unspecified atom stereocenters. The van der Waals surface area contributed by atoms with E-state index >= 15 is 0 Å². The number of hydrogen-bond acceptors (Lipinski definition) is 2. The van der Waals surface area contributed by atoms with E-state index in [4.69, 9.17) is 10.5 Å². The summed E-state index contributed by atoms with van der Waals surface area (Å²) in [6, 6.07) is 6.39. The third-order valence-electron chi connectivity index (χ3n) is 2.51. The van der Waals surface area contributed by atoms with Crippen LogP contribution < -0.4 is 10.5 Å². The first-order chi connectivity index (χ1) is 6.66. The first-order valence-electron chi connectivity index (χ1n) is 4.84. The van der Waals surface area contributed by atoms with Crippen molar-refractivity contribution in [2.45, 2.75) is 25.3 Å². The highest BCUT2D eigenvalue weighted by Gasteiger charge is 2.24. The number of rotatable bonds is 2. The lowest BCUT2D eigenvalue weighted by Crippen LogP contribution is -2.19. The van der Waals surface area contributed by atoms with Gasteiger partial charge in [0.25, 0.3) is 0 Å². The average Bonchev–Trinajstić information content (AvgIpc) is 2.47. The third kappa shape index (κ3) is 1.93.